The standard InChI is InChI=1S/C17H21N3O5/c18-5-12-1-3-14(4-2-12)24-11-13(21)6-19-7-15-9-20(17(22)23)10-16(8-19)25-15/h1-4,13,15-16,21H,6-11H2,(H,22,23). The van der Waals surface area contributed by atoms with Crippen molar-refractivity contribution in [1.82, 2.24) is 9.80 Å². The van der Waals surface area contributed by atoms with Gasteiger partial charge in [-0.3, -0.25) is 4.90 Å². The van der Waals surface area contributed by atoms with Gasteiger partial charge in [-0.15, -0.1) is 0 Å². The van der Waals surface area contributed by atoms with E-state index in [-0.39, 0.29) is 18.8 Å². The molecule has 2 bridgehead atoms. The molecule has 25 heavy (non-hydrogen) atoms. The smallest absolute Gasteiger partial charge is 0.407 e. The van der Waals surface area contributed by atoms with Crippen molar-refractivity contribution in [3.05, 3.63) is 29.8 Å². The number of β-amino-alcohol motifs (C(OH)–C–C–N with tert-alkyl or cyclic N) is 1. The number of carboxylic acid groups (broad SMARTS) is 1. The van der Waals surface area contributed by atoms with Gasteiger partial charge in [0.15, 0.2) is 0 Å². The number of carbonyl (C=O) groups is 1. The molecule has 2 fully saturated rings. The van der Waals surface area contributed by atoms with Gasteiger partial charge in [0.05, 0.1) is 36.9 Å². The third-order valence-corrected chi connectivity index (χ3v) is 4.32. The van der Waals surface area contributed by atoms with Gasteiger partial charge in [0.2, 0.25) is 0 Å². The Bertz CT molecular complexity index is 631. The second-order valence-electron chi connectivity index (χ2n) is 6.39. The summed E-state index contributed by atoms with van der Waals surface area (Å²) in [7, 11) is 0. The van der Waals surface area contributed by atoms with Gasteiger partial charge in [0.1, 0.15) is 18.5 Å². The Morgan fingerprint density at radius 3 is 2.48 bits per heavy atom. The molecule has 0 spiro atoms. The summed E-state index contributed by atoms with van der Waals surface area (Å²) in [5.74, 6) is 0.606. The molecule has 2 aliphatic rings. The van der Waals surface area contributed by atoms with Crippen LogP contribution < -0.4 is 4.74 Å². The predicted octanol–water partition coefficient (Wildman–Crippen LogP) is 0.361. The number of fused-ring (bicyclic) bond motifs is 2. The summed E-state index contributed by atoms with van der Waals surface area (Å²) < 4.78 is 11.3. The highest BCUT2D eigenvalue weighted by molar-refractivity contribution is 5.65. The summed E-state index contributed by atoms with van der Waals surface area (Å²) in [6.07, 6.45) is -1.89. The first-order chi connectivity index (χ1) is 12.0. The summed E-state index contributed by atoms with van der Waals surface area (Å²) in [5, 5.41) is 28.1. The van der Waals surface area contributed by atoms with Crippen LogP contribution >= 0.6 is 0 Å². The van der Waals surface area contributed by atoms with Crippen LogP contribution in [0.5, 0.6) is 5.75 Å². The summed E-state index contributed by atoms with van der Waals surface area (Å²) in [5.41, 5.74) is 0.558. The van der Waals surface area contributed by atoms with E-state index < -0.39 is 12.2 Å². The van der Waals surface area contributed by atoms with Crippen molar-refractivity contribution in [1.29, 1.82) is 5.26 Å². The lowest BCUT2D eigenvalue weighted by Crippen LogP contribution is -2.61. The van der Waals surface area contributed by atoms with E-state index in [1.165, 1.54) is 4.90 Å². The molecule has 0 saturated carbocycles. The Hall–Kier alpha value is -2.34. The molecule has 3 rings (SSSR count). The zero-order valence-corrected chi connectivity index (χ0v) is 13.7. The second kappa shape index (κ2) is 7.70. The van der Waals surface area contributed by atoms with Crippen LogP contribution in [0.15, 0.2) is 24.3 Å². The quantitative estimate of drug-likeness (QED) is 0.792. The SMILES string of the molecule is N#Cc1ccc(OCC(O)CN2CC3CN(C(=O)O)CC(C2)O3)cc1. The number of nitrogens with zero attached hydrogens (tertiary/aromatic N) is 3. The van der Waals surface area contributed by atoms with Gasteiger partial charge in [0, 0.05) is 19.6 Å². The average Bonchev–Trinajstić information content (AvgIpc) is 2.59. The molecule has 0 radical (unpaired) electrons. The fraction of sp³-hybridized carbons (Fsp3) is 0.529. The number of rotatable bonds is 5. The van der Waals surface area contributed by atoms with Gasteiger partial charge < -0.3 is 24.6 Å². The molecule has 0 aliphatic carbocycles. The molecule has 2 saturated heterocycles. The molecule has 1 amide bonds. The van der Waals surface area contributed by atoms with Crippen LogP contribution in [0.4, 0.5) is 4.79 Å². The number of benzene rings is 1. The van der Waals surface area contributed by atoms with Crippen molar-refractivity contribution in [3.8, 4) is 11.8 Å². The van der Waals surface area contributed by atoms with Crippen molar-refractivity contribution in [2.45, 2.75) is 18.3 Å². The third-order valence-electron chi connectivity index (χ3n) is 4.32. The molecule has 3 unspecified atom stereocenters. The largest absolute Gasteiger partial charge is 0.491 e. The minimum absolute atomic E-state index is 0.153. The van der Waals surface area contributed by atoms with Gasteiger partial charge in [-0.2, -0.15) is 5.26 Å². The number of morpholine rings is 2. The molecule has 3 atom stereocenters. The van der Waals surface area contributed by atoms with Crippen LogP contribution in [0.25, 0.3) is 0 Å². The third kappa shape index (κ3) is 4.60. The number of hydrogen-bond acceptors (Lipinski definition) is 6. The number of nitriles is 1. The number of aliphatic hydroxyl groups excluding tert-OH is 1. The molecule has 2 N–H and O–H groups in total. The average molecular weight is 347 g/mol. The lowest BCUT2D eigenvalue weighted by Gasteiger charge is -2.45. The highest BCUT2D eigenvalue weighted by atomic mass is 16.5. The predicted molar refractivity (Wildman–Crippen MR) is 87.4 cm³/mol. The number of hydrogen-bond donors (Lipinski definition) is 2. The molecule has 8 nitrogen and oxygen atoms in total. The van der Waals surface area contributed by atoms with Gasteiger partial charge in [-0.05, 0) is 24.3 Å². The lowest BCUT2D eigenvalue weighted by molar-refractivity contribution is -0.136. The Labute approximate surface area is 145 Å². The van der Waals surface area contributed by atoms with E-state index in [1.807, 2.05) is 6.07 Å². The molecule has 1 aromatic carbocycles. The Morgan fingerprint density at radius 1 is 1.28 bits per heavy atom. The van der Waals surface area contributed by atoms with Crippen LogP contribution in [0.2, 0.25) is 0 Å². The fourth-order valence-electron chi connectivity index (χ4n) is 3.25. The Morgan fingerprint density at radius 2 is 1.92 bits per heavy atom. The maximum atomic E-state index is 11.1. The topological polar surface area (TPSA) is 106 Å². The minimum atomic E-state index is -0.914. The second-order valence-corrected chi connectivity index (χ2v) is 6.39. The van der Waals surface area contributed by atoms with Crippen LogP contribution in [0, 0.1) is 11.3 Å². The van der Waals surface area contributed by atoms with Crippen LogP contribution in [0.3, 0.4) is 0 Å². The maximum absolute atomic E-state index is 11.1. The van der Waals surface area contributed by atoms with E-state index in [1.54, 1.807) is 24.3 Å². The van der Waals surface area contributed by atoms with E-state index in [2.05, 4.69) is 4.90 Å². The zero-order valence-electron chi connectivity index (χ0n) is 13.7. The van der Waals surface area contributed by atoms with Crippen molar-refractivity contribution < 1.29 is 24.5 Å². The first-order valence-corrected chi connectivity index (χ1v) is 8.20. The molecular weight excluding hydrogens is 326 g/mol. The van der Waals surface area contributed by atoms with Gasteiger partial charge in [0.25, 0.3) is 0 Å². The summed E-state index contributed by atoms with van der Waals surface area (Å²) in [6, 6.07) is 8.77. The van der Waals surface area contributed by atoms with E-state index in [0.29, 0.717) is 44.0 Å². The van der Waals surface area contributed by atoms with Crippen molar-refractivity contribution >= 4 is 6.09 Å². The van der Waals surface area contributed by atoms with Gasteiger partial charge >= 0.3 is 6.09 Å². The van der Waals surface area contributed by atoms with Crippen LogP contribution in [-0.2, 0) is 4.74 Å². The first-order valence-electron chi connectivity index (χ1n) is 8.20. The molecule has 8 heteroatoms. The first kappa shape index (κ1) is 17.5. The van der Waals surface area contributed by atoms with Crippen molar-refractivity contribution in [2.24, 2.45) is 0 Å². The van der Waals surface area contributed by atoms with E-state index in [9.17, 15) is 9.90 Å². The molecular formula is C17H21N3O5. The number of aliphatic hydroxyl groups is 1. The van der Waals surface area contributed by atoms with E-state index in [0.717, 1.165) is 0 Å². The van der Waals surface area contributed by atoms with Gasteiger partial charge in [-0.25, -0.2) is 4.79 Å². The highest BCUT2D eigenvalue weighted by Gasteiger charge is 2.37. The molecule has 2 aliphatic heterocycles. The fourth-order valence-corrected chi connectivity index (χ4v) is 3.25. The zero-order chi connectivity index (χ0) is 17.8. The Kier molecular flexibility index (Phi) is 5.38. The normalized spacial score (nSPS) is 24.4. The summed E-state index contributed by atoms with van der Waals surface area (Å²) >= 11 is 0. The van der Waals surface area contributed by atoms with Crippen LogP contribution in [-0.4, -0.2) is 83.7 Å². The van der Waals surface area contributed by atoms with Crippen LogP contribution in [0.1, 0.15) is 5.56 Å². The monoisotopic (exact) mass is 347 g/mol. The van der Waals surface area contributed by atoms with Gasteiger partial charge in [-0.1, -0.05) is 0 Å². The summed E-state index contributed by atoms with van der Waals surface area (Å²) in [4.78, 5) is 14.6. The molecule has 2 heterocycles. The molecule has 1 aromatic rings. The lowest BCUT2D eigenvalue weighted by atomic mass is 10.1. The minimum Gasteiger partial charge on any atom is -0.491 e. The molecule has 134 valence electrons. The maximum Gasteiger partial charge on any atom is 0.407 e. The summed E-state index contributed by atoms with van der Waals surface area (Å²) in [6.45, 7) is 2.50. The van der Waals surface area contributed by atoms with Crippen molar-refractivity contribution in [2.75, 3.05) is 39.3 Å². The van der Waals surface area contributed by atoms with Crippen molar-refractivity contribution in [3.63, 3.8) is 0 Å². The highest BCUT2D eigenvalue weighted by Crippen LogP contribution is 2.19. The van der Waals surface area contributed by atoms with E-state index in [4.69, 9.17) is 19.8 Å². The molecule has 0 aromatic heterocycles. The number of ether oxygens (including phenoxy) is 2. The Balaban J connectivity index is 1.45. The number of amides is 1. The van der Waals surface area contributed by atoms with E-state index >= 15 is 0 Å².